The van der Waals surface area contributed by atoms with Gasteiger partial charge in [0.1, 0.15) is 6.04 Å². The van der Waals surface area contributed by atoms with Crippen molar-refractivity contribution in [1.29, 1.82) is 0 Å². The van der Waals surface area contributed by atoms with E-state index in [0.29, 0.717) is 6.54 Å². The average molecular weight is 229 g/mol. The van der Waals surface area contributed by atoms with Gasteiger partial charge >= 0.3 is 0 Å². The van der Waals surface area contributed by atoms with E-state index >= 15 is 0 Å². The molecule has 3 nitrogen and oxygen atoms in total. The molecular weight excluding hydrogens is 212 g/mol. The average Bonchev–Trinajstić information content (AvgIpc) is 2.35. The molecule has 0 saturated heterocycles. The molecule has 0 aromatic heterocycles. The maximum Gasteiger partial charge on any atom is 0.272 e. The van der Waals surface area contributed by atoms with Crippen molar-refractivity contribution in [2.45, 2.75) is 13.0 Å². The van der Waals surface area contributed by atoms with Gasteiger partial charge in [0.15, 0.2) is 6.54 Å². The van der Waals surface area contributed by atoms with Crippen LogP contribution in [0.3, 0.4) is 0 Å². The molecule has 88 valence electrons. The Morgan fingerprint density at radius 2 is 1.94 bits per heavy atom. The zero-order chi connectivity index (χ0) is 12.3. The second kappa shape index (κ2) is 4.97. The van der Waals surface area contributed by atoms with Crippen LogP contribution in [0.4, 0.5) is 0 Å². The molecule has 0 heterocycles. The molecule has 2 rings (SSSR count). The van der Waals surface area contributed by atoms with Crippen molar-refractivity contribution in [2.24, 2.45) is 5.73 Å². The molecule has 1 amide bonds. The Kier molecular flexibility index (Phi) is 3.40. The molecule has 0 fully saturated rings. The summed E-state index contributed by atoms with van der Waals surface area (Å²) in [5.74, 6) is -0.280. The number of carbonyl (C=O) groups excluding carboxylic acids is 1. The number of carbonyl (C=O) groups is 1. The van der Waals surface area contributed by atoms with Crippen LogP contribution >= 0.6 is 0 Å². The first kappa shape index (κ1) is 11.6. The van der Waals surface area contributed by atoms with Crippen LogP contribution in [0.1, 0.15) is 18.5 Å². The molecule has 0 unspecified atom stereocenters. The molecule has 0 spiro atoms. The highest BCUT2D eigenvalue weighted by Gasteiger charge is 2.12. The maximum atomic E-state index is 10.8. The Balaban J connectivity index is 2.31. The van der Waals surface area contributed by atoms with Gasteiger partial charge in [0.25, 0.3) is 5.91 Å². The van der Waals surface area contributed by atoms with E-state index in [2.05, 4.69) is 31.2 Å². The van der Waals surface area contributed by atoms with E-state index in [1.165, 1.54) is 16.3 Å². The third kappa shape index (κ3) is 2.63. The largest absolute Gasteiger partial charge is 0.365 e. The van der Waals surface area contributed by atoms with Gasteiger partial charge in [-0.2, -0.15) is 0 Å². The van der Waals surface area contributed by atoms with Gasteiger partial charge in [-0.1, -0.05) is 42.5 Å². The highest BCUT2D eigenvalue weighted by molar-refractivity contribution is 5.85. The summed E-state index contributed by atoms with van der Waals surface area (Å²) in [7, 11) is 0. The van der Waals surface area contributed by atoms with Crippen LogP contribution in [0.25, 0.3) is 10.8 Å². The Morgan fingerprint density at radius 3 is 2.71 bits per heavy atom. The number of hydrogen-bond donors (Lipinski definition) is 2. The normalized spacial score (nSPS) is 12.5. The summed E-state index contributed by atoms with van der Waals surface area (Å²) >= 11 is 0. The zero-order valence-electron chi connectivity index (χ0n) is 9.89. The predicted molar refractivity (Wildman–Crippen MR) is 68.3 cm³/mol. The van der Waals surface area contributed by atoms with Crippen LogP contribution in [0.15, 0.2) is 42.5 Å². The fraction of sp³-hybridized carbons (Fsp3) is 0.214. The minimum Gasteiger partial charge on any atom is -0.365 e. The van der Waals surface area contributed by atoms with Crippen molar-refractivity contribution in [1.82, 2.24) is 0 Å². The Labute approximate surface area is 101 Å². The number of amides is 1. The monoisotopic (exact) mass is 229 g/mol. The number of benzene rings is 2. The number of quaternary nitrogens is 1. The lowest BCUT2D eigenvalue weighted by Gasteiger charge is -2.12. The minimum atomic E-state index is -0.280. The summed E-state index contributed by atoms with van der Waals surface area (Å²) in [6, 6.07) is 14.7. The molecule has 2 aromatic carbocycles. The molecule has 0 aliphatic rings. The first-order valence-electron chi connectivity index (χ1n) is 5.78. The summed E-state index contributed by atoms with van der Waals surface area (Å²) in [6.45, 7) is 2.41. The van der Waals surface area contributed by atoms with Crippen LogP contribution in [0, 0.1) is 0 Å². The smallest absolute Gasteiger partial charge is 0.272 e. The molecule has 3 heteroatoms. The molecule has 2 aromatic rings. The standard InChI is InChI=1S/C14H16N2O/c1-10(16-9-14(15)17)12-8-4-6-11-5-2-3-7-13(11)12/h2-8,10,16H,9H2,1H3,(H2,15,17)/p+1/t10-/m0/s1. The fourth-order valence-electron chi connectivity index (χ4n) is 2.07. The van der Waals surface area contributed by atoms with Gasteiger partial charge in [-0.25, -0.2) is 0 Å². The Bertz CT molecular complexity index is 531. The van der Waals surface area contributed by atoms with Crippen molar-refractivity contribution >= 4 is 16.7 Å². The van der Waals surface area contributed by atoms with Crippen LogP contribution in [0.5, 0.6) is 0 Å². The highest BCUT2D eigenvalue weighted by atomic mass is 16.1. The van der Waals surface area contributed by atoms with Crippen molar-refractivity contribution in [3.63, 3.8) is 0 Å². The van der Waals surface area contributed by atoms with Gasteiger partial charge in [-0.05, 0) is 17.7 Å². The first-order chi connectivity index (χ1) is 8.18. The van der Waals surface area contributed by atoms with Gasteiger partial charge in [-0.3, -0.25) is 4.79 Å². The van der Waals surface area contributed by atoms with Gasteiger partial charge < -0.3 is 11.1 Å². The van der Waals surface area contributed by atoms with E-state index in [-0.39, 0.29) is 11.9 Å². The lowest BCUT2D eigenvalue weighted by molar-refractivity contribution is -0.682. The van der Waals surface area contributed by atoms with Crippen LogP contribution in [-0.4, -0.2) is 12.5 Å². The van der Waals surface area contributed by atoms with Crippen molar-refractivity contribution < 1.29 is 10.1 Å². The van der Waals surface area contributed by atoms with Crippen molar-refractivity contribution in [2.75, 3.05) is 6.54 Å². The van der Waals surface area contributed by atoms with Crippen LogP contribution in [-0.2, 0) is 4.79 Å². The van der Waals surface area contributed by atoms with Crippen molar-refractivity contribution in [3.8, 4) is 0 Å². The summed E-state index contributed by atoms with van der Waals surface area (Å²) in [6.07, 6.45) is 0. The lowest BCUT2D eigenvalue weighted by atomic mass is 10.00. The van der Waals surface area contributed by atoms with Gasteiger partial charge in [0, 0.05) is 5.56 Å². The number of hydrogen-bond acceptors (Lipinski definition) is 1. The summed E-state index contributed by atoms with van der Waals surface area (Å²) < 4.78 is 0. The van der Waals surface area contributed by atoms with E-state index < -0.39 is 0 Å². The molecule has 0 aliphatic heterocycles. The highest BCUT2D eigenvalue weighted by Crippen LogP contribution is 2.21. The number of primary amides is 1. The molecule has 0 bridgehead atoms. The summed E-state index contributed by atoms with van der Waals surface area (Å²) in [5, 5.41) is 4.43. The van der Waals surface area contributed by atoms with Gasteiger partial charge in [-0.15, -0.1) is 0 Å². The fourth-order valence-corrected chi connectivity index (χ4v) is 2.07. The van der Waals surface area contributed by atoms with E-state index in [0.717, 1.165) is 0 Å². The quantitative estimate of drug-likeness (QED) is 0.805. The van der Waals surface area contributed by atoms with Crippen molar-refractivity contribution in [3.05, 3.63) is 48.0 Å². The van der Waals surface area contributed by atoms with E-state index in [1.54, 1.807) is 0 Å². The van der Waals surface area contributed by atoms with E-state index in [9.17, 15) is 4.79 Å². The third-order valence-corrected chi connectivity index (χ3v) is 2.99. The Morgan fingerprint density at radius 1 is 1.24 bits per heavy atom. The van der Waals surface area contributed by atoms with Crippen LogP contribution in [0.2, 0.25) is 0 Å². The number of rotatable bonds is 4. The molecule has 4 N–H and O–H groups in total. The Hall–Kier alpha value is -1.87. The molecule has 0 aliphatic carbocycles. The minimum absolute atomic E-state index is 0.230. The molecule has 0 saturated carbocycles. The number of nitrogens with two attached hydrogens (primary N) is 2. The topological polar surface area (TPSA) is 59.7 Å². The summed E-state index contributed by atoms with van der Waals surface area (Å²) in [5.41, 5.74) is 6.40. The molecule has 0 radical (unpaired) electrons. The number of fused-ring (bicyclic) bond motifs is 1. The van der Waals surface area contributed by atoms with Gasteiger partial charge in [0.05, 0.1) is 0 Å². The maximum absolute atomic E-state index is 10.8. The summed E-state index contributed by atoms with van der Waals surface area (Å²) in [4.78, 5) is 10.8. The molecule has 17 heavy (non-hydrogen) atoms. The van der Waals surface area contributed by atoms with Gasteiger partial charge in [0.2, 0.25) is 0 Å². The molecular formula is C14H17N2O+. The first-order valence-corrected chi connectivity index (χ1v) is 5.78. The second-order valence-electron chi connectivity index (χ2n) is 4.26. The third-order valence-electron chi connectivity index (χ3n) is 2.99. The predicted octanol–water partition coefficient (Wildman–Crippen LogP) is 0.950. The SMILES string of the molecule is C[C@H]([NH2+]CC(N)=O)c1cccc2ccccc12. The second-order valence-corrected chi connectivity index (χ2v) is 4.26. The van der Waals surface area contributed by atoms with Crippen LogP contribution < -0.4 is 11.1 Å². The zero-order valence-corrected chi connectivity index (χ0v) is 9.89. The van der Waals surface area contributed by atoms with E-state index in [1.807, 2.05) is 23.5 Å². The van der Waals surface area contributed by atoms with E-state index in [4.69, 9.17) is 5.73 Å². The lowest BCUT2D eigenvalue weighted by Crippen LogP contribution is -2.86. The molecule has 1 atom stereocenters.